The van der Waals surface area contributed by atoms with Crippen molar-refractivity contribution in [3.05, 3.63) is 34.3 Å². The highest BCUT2D eigenvalue weighted by Gasteiger charge is 2.11. The van der Waals surface area contributed by atoms with Crippen LogP contribution >= 0.6 is 0 Å². The maximum absolute atomic E-state index is 10.9. The van der Waals surface area contributed by atoms with Crippen LogP contribution in [0, 0.1) is 0 Å². The fourth-order valence-electron chi connectivity index (χ4n) is 1.42. The van der Waals surface area contributed by atoms with Gasteiger partial charge in [0.25, 0.3) is 0 Å². The van der Waals surface area contributed by atoms with E-state index in [1.54, 1.807) is 37.2 Å². The van der Waals surface area contributed by atoms with Crippen LogP contribution in [0.15, 0.2) is 27.4 Å². The molecular formula is C10H12N2O3. The summed E-state index contributed by atoms with van der Waals surface area (Å²) in [5, 5.41) is 9.76. The van der Waals surface area contributed by atoms with Gasteiger partial charge in [-0.1, -0.05) is 6.07 Å². The predicted molar refractivity (Wildman–Crippen MR) is 55.5 cm³/mol. The first kappa shape index (κ1) is 9.95. The molecule has 0 saturated carbocycles. The van der Waals surface area contributed by atoms with E-state index in [-0.39, 0.29) is 0 Å². The normalized spacial score (nSPS) is 13.6. The average Bonchev–Trinajstić information content (AvgIpc) is 2.55. The average molecular weight is 208 g/mol. The third kappa shape index (κ3) is 1.79. The van der Waals surface area contributed by atoms with Gasteiger partial charge in [-0.3, -0.25) is 9.88 Å². The van der Waals surface area contributed by atoms with Gasteiger partial charge in [0.15, 0.2) is 5.58 Å². The largest absolute Gasteiger partial charge is 0.417 e. The Kier molecular flexibility index (Phi) is 2.34. The first-order valence-corrected chi connectivity index (χ1v) is 4.55. The van der Waals surface area contributed by atoms with E-state index < -0.39 is 12.0 Å². The predicted octanol–water partition coefficient (Wildman–Crippen LogP) is 0.674. The Morgan fingerprint density at radius 3 is 2.87 bits per heavy atom. The number of rotatable bonds is 2. The van der Waals surface area contributed by atoms with E-state index in [0.29, 0.717) is 16.7 Å². The Morgan fingerprint density at radius 2 is 2.20 bits per heavy atom. The molecule has 80 valence electrons. The first-order chi connectivity index (χ1) is 7.08. The van der Waals surface area contributed by atoms with Crippen molar-refractivity contribution >= 4 is 11.1 Å². The molecule has 2 N–H and O–H groups in total. The lowest BCUT2D eigenvalue weighted by molar-refractivity contribution is 0.0396. The summed E-state index contributed by atoms with van der Waals surface area (Å²) in [6.45, 7) is 0. The van der Waals surface area contributed by atoms with Crippen molar-refractivity contribution in [1.29, 1.82) is 0 Å². The second-order valence-electron chi connectivity index (χ2n) is 3.61. The minimum Gasteiger partial charge on any atom is -0.408 e. The van der Waals surface area contributed by atoms with E-state index in [9.17, 15) is 9.90 Å². The second kappa shape index (κ2) is 3.52. The molecule has 0 aliphatic rings. The van der Waals surface area contributed by atoms with Crippen LogP contribution in [-0.2, 0) is 0 Å². The van der Waals surface area contributed by atoms with Gasteiger partial charge in [0.1, 0.15) is 6.23 Å². The van der Waals surface area contributed by atoms with Crippen molar-refractivity contribution in [2.75, 3.05) is 14.1 Å². The minimum absolute atomic E-state index is 0.457. The molecule has 2 aromatic rings. The van der Waals surface area contributed by atoms with Crippen molar-refractivity contribution < 1.29 is 9.52 Å². The summed E-state index contributed by atoms with van der Waals surface area (Å²) in [6.07, 6.45) is -0.699. The van der Waals surface area contributed by atoms with Crippen molar-refractivity contribution in [3.8, 4) is 0 Å². The van der Waals surface area contributed by atoms with Crippen LogP contribution in [0.25, 0.3) is 11.1 Å². The zero-order chi connectivity index (χ0) is 11.0. The molecule has 0 aliphatic carbocycles. The van der Waals surface area contributed by atoms with Crippen LogP contribution in [0.4, 0.5) is 0 Å². The number of oxazole rings is 1. The molecule has 1 aromatic carbocycles. The SMILES string of the molecule is CN(C)C(O)c1ccc2[nH]c(=O)oc2c1. The summed E-state index contributed by atoms with van der Waals surface area (Å²) >= 11 is 0. The van der Waals surface area contributed by atoms with Gasteiger partial charge < -0.3 is 9.52 Å². The Labute approximate surface area is 85.9 Å². The van der Waals surface area contributed by atoms with E-state index in [1.807, 2.05) is 0 Å². The number of H-pyrrole nitrogens is 1. The van der Waals surface area contributed by atoms with Crippen LogP contribution in [-0.4, -0.2) is 29.1 Å². The molecule has 1 heterocycles. The lowest BCUT2D eigenvalue weighted by Crippen LogP contribution is -2.18. The standard InChI is InChI=1S/C10H12N2O3/c1-12(2)9(13)6-3-4-7-8(5-6)15-10(14)11-7/h3-5,9,13H,1-2H3,(H,11,14). The first-order valence-electron chi connectivity index (χ1n) is 4.55. The van der Waals surface area contributed by atoms with Crippen LogP contribution in [0.5, 0.6) is 0 Å². The van der Waals surface area contributed by atoms with Crippen molar-refractivity contribution in [1.82, 2.24) is 9.88 Å². The number of fused-ring (bicyclic) bond motifs is 1. The third-order valence-electron chi connectivity index (χ3n) is 2.23. The number of hydrogen-bond acceptors (Lipinski definition) is 4. The summed E-state index contributed by atoms with van der Waals surface area (Å²) in [5.41, 5.74) is 1.78. The fraction of sp³-hybridized carbons (Fsp3) is 0.300. The molecule has 0 radical (unpaired) electrons. The Morgan fingerprint density at radius 1 is 1.47 bits per heavy atom. The summed E-state index contributed by atoms with van der Waals surface area (Å²) in [4.78, 5) is 15.1. The van der Waals surface area contributed by atoms with E-state index in [0.717, 1.165) is 0 Å². The topological polar surface area (TPSA) is 69.5 Å². The van der Waals surface area contributed by atoms with E-state index >= 15 is 0 Å². The van der Waals surface area contributed by atoms with Gasteiger partial charge in [-0.05, 0) is 31.8 Å². The number of aromatic nitrogens is 1. The quantitative estimate of drug-likeness (QED) is 0.712. The van der Waals surface area contributed by atoms with Gasteiger partial charge >= 0.3 is 5.76 Å². The zero-order valence-corrected chi connectivity index (χ0v) is 8.52. The molecule has 0 fully saturated rings. The Hall–Kier alpha value is -1.59. The van der Waals surface area contributed by atoms with E-state index in [1.165, 1.54) is 0 Å². The molecule has 0 bridgehead atoms. The maximum atomic E-state index is 10.9. The second-order valence-corrected chi connectivity index (χ2v) is 3.61. The molecule has 2 rings (SSSR count). The van der Waals surface area contributed by atoms with E-state index in [2.05, 4.69) is 4.98 Å². The number of hydrogen-bond donors (Lipinski definition) is 2. The fourth-order valence-corrected chi connectivity index (χ4v) is 1.42. The highest BCUT2D eigenvalue weighted by molar-refractivity contribution is 5.72. The number of aliphatic hydroxyl groups is 1. The van der Waals surface area contributed by atoms with Gasteiger partial charge in [0.05, 0.1) is 5.52 Å². The summed E-state index contributed by atoms with van der Waals surface area (Å²) < 4.78 is 4.90. The van der Waals surface area contributed by atoms with Crippen LogP contribution in [0.3, 0.4) is 0 Å². The summed E-state index contributed by atoms with van der Waals surface area (Å²) in [6, 6.07) is 5.11. The Bertz CT molecular complexity index is 527. The van der Waals surface area contributed by atoms with Crippen LogP contribution < -0.4 is 5.76 Å². The van der Waals surface area contributed by atoms with Gasteiger partial charge in [-0.2, -0.15) is 0 Å². The van der Waals surface area contributed by atoms with Crippen LogP contribution in [0.1, 0.15) is 11.8 Å². The van der Waals surface area contributed by atoms with Crippen molar-refractivity contribution in [3.63, 3.8) is 0 Å². The van der Waals surface area contributed by atoms with E-state index in [4.69, 9.17) is 4.42 Å². The van der Waals surface area contributed by atoms with Crippen molar-refractivity contribution in [2.24, 2.45) is 0 Å². The van der Waals surface area contributed by atoms with Gasteiger partial charge in [0, 0.05) is 0 Å². The molecular weight excluding hydrogens is 196 g/mol. The molecule has 5 nitrogen and oxygen atoms in total. The number of nitrogens with zero attached hydrogens (tertiary/aromatic N) is 1. The van der Waals surface area contributed by atoms with Gasteiger partial charge in [0.2, 0.25) is 0 Å². The molecule has 0 amide bonds. The molecule has 0 aliphatic heterocycles. The number of aromatic amines is 1. The molecule has 0 spiro atoms. The molecule has 5 heteroatoms. The summed E-state index contributed by atoms with van der Waals surface area (Å²) in [7, 11) is 3.53. The third-order valence-corrected chi connectivity index (χ3v) is 2.23. The smallest absolute Gasteiger partial charge is 0.408 e. The highest BCUT2D eigenvalue weighted by atomic mass is 16.4. The number of aliphatic hydroxyl groups excluding tert-OH is 1. The number of benzene rings is 1. The lowest BCUT2D eigenvalue weighted by Gasteiger charge is -2.18. The molecule has 1 atom stereocenters. The molecule has 0 saturated heterocycles. The monoisotopic (exact) mass is 208 g/mol. The zero-order valence-electron chi connectivity index (χ0n) is 8.52. The van der Waals surface area contributed by atoms with Gasteiger partial charge in [-0.15, -0.1) is 0 Å². The molecule has 15 heavy (non-hydrogen) atoms. The summed E-state index contributed by atoms with van der Waals surface area (Å²) in [5.74, 6) is -0.485. The molecule has 1 aromatic heterocycles. The minimum atomic E-state index is -0.699. The highest BCUT2D eigenvalue weighted by Crippen LogP contribution is 2.19. The van der Waals surface area contributed by atoms with Gasteiger partial charge in [-0.25, -0.2) is 4.79 Å². The Balaban J connectivity index is 2.50. The lowest BCUT2D eigenvalue weighted by atomic mass is 10.2. The van der Waals surface area contributed by atoms with Crippen molar-refractivity contribution in [2.45, 2.75) is 6.23 Å². The number of nitrogens with one attached hydrogen (secondary N) is 1. The van der Waals surface area contributed by atoms with Crippen LogP contribution in [0.2, 0.25) is 0 Å². The maximum Gasteiger partial charge on any atom is 0.417 e. The molecule has 1 unspecified atom stereocenters.